The molecule has 4 heteroatoms. The fourth-order valence-electron chi connectivity index (χ4n) is 4.19. The zero-order valence-corrected chi connectivity index (χ0v) is 16.4. The van der Waals surface area contributed by atoms with E-state index in [1.807, 2.05) is 11.0 Å². The Morgan fingerprint density at radius 2 is 1.85 bits per heavy atom. The van der Waals surface area contributed by atoms with E-state index in [1.54, 1.807) is 0 Å². The standard InChI is InChI=1S/C23H27N3O/c1-4-5-10-25-21-9-7-6-8-20(21)24-23(25)18-14-22(27)26(15-18)19-12-16(2)11-17(3)13-19/h6-9,11-13,18H,4-5,10,14-15H2,1-3H3. The average Bonchev–Trinajstić information content (AvgIpc) is 3.19. The van der Waals surface area contributed by atoms with Gasteiger partial charge in [0.05, 0.1) is 11.0 Å². The number of carbonyl (C=O) groups excluding carboxylic acids is 1. The second-order valence-corrected chi connectivity index (χ2v) is 7.72. The molecule has 1 saturated heterocycles. The van der Waals surface area contributed by atoms with Crippen molar-refractivity contribution in [3.05, 3.63) is 59.4 Å². The van der Waals surface area contributed by atoms with Crippen LogP contribution in [0.15, 0.2) is 42.5 Å². The average molecular weight is 361 g/mol. The number of aryl methyl sites for hydroxylation is 3. The minimum Gasteiger partial charge on any atom is -0.328 e. The molecule has 1 unspecified atom stereocenters. The molecule has 2 heterocycles. The SMILES string of the molecule is CCCCn1c(C2CC(=O)N(c3cc(C)cc(C)c3)C2)nc2ccccc21. The molecule has 4 nitrogen and oxygen atoms in total. The van der Waals surface area contributed by atoms with E-state index in [9.17, 15) is 4.79 Å². The van der Waals surface area contributed by atoms with Gasteiger partial charge in [0.25, 0.3) is 0 Å². The molecule has 2 aromatic carbocycles. The number of anilines is 1. The first kappa shape index (κ1) is 17.8. The molecule has 0 radical (unpaired) electrons. The third kappa shape index (κ3) is 3.36. The van der Waals surface area contributed by atoms with Crippen molar-refractivity contribution in [1.29, 1.82) is 0 Å². The van der Waals surface area contributed by atoms with Gasteiger partial charge in [-0.05, 0) is 55.7 Å². The van der Waals surface area contributed by atoms with Gasteiger partial charge in [-0.3, -0.25) is 4.79 Å². The summed E-state index contributed by atoms with van der Waals surface area (Å²) in [5, 5.41) is 0. The molecular formula is C23H27N3O. The minimum atomic E-state index is 0.141. The van der Waals surface area contributed by atoms with Gasteiger partial charge in [-0.25, -0.2) is 4.98 Å². The zero-order valence-electron chi connectivity index (χ0n) is 16.4. The first-order valence-electron chi connectivity index (χ1n) is 9.90. The van der Waals surface area contributed by atoms with Crippen LogP contribution in [0.5, 0.6) is 0 Å². The molecule has 1 fully saturated rings. The fraction of sp³-hybridized carbons (Fsp3) is 0.391. The van der Waals surface area contributed by atoms with Gasteiger partial charge in [-0.1, -0.05) is 31.5 Å². The van der Waals surface area contributed by atoms with Gasteiger partial charge in [0, 0.05) is 31.1 Å². The minimum absolute atomic E-state index is 0.141. The van der Waals surface area contributed by atoms with Gasteiger partial charge in [0.15, 0.2) is 0 Å². The van der Waals surface area contributed by atoms with Crippen molar-refractivity contribution >= 4 is 22.6 Å². The van der Waals surface area contributed by atoms with E-state index in [0.717, 1.165) is 36.4 Å². The van der Waals surface area contributed by atoms with Gasteiger partial charge in [-0.2, -0.15) is 0 Å². The Hall–Kier alpha value is -2.62. The number of nitrogens with zero attached hydrogens (tertiary/aromatic N) is 3. The molecule has 140 valence electrons. The van der Waals surface area contributed by atoms with E-state index < -0.39 is 0 Å². The number of carbonyl (C=O) groups is 1. The van der Waals surface area contributed by atoms with Crippen molar-refractivity contribution in [1.82, 2.24) is 9.55 Å². The molecule has 1 atom stereocenters. The monoisotopic (exact) mass is 361 g/mol. The lowest BCUT2D eigenvalue weighted by Crippen LogP contribution is -2.24. The first-order valence-corrected chi connectivity index (χ1v) is 9.90. The van der Waals surface area contributed by atoms with E-state index in [-0.39, 0.29) is 11.8 Å². The van der Waals surface area contributed by atoms with E-state index in [1.165, 1.54) is 16.6 Å². The highest BCUT2D eigenvalue weighted by Gasteiger charge is 2.34. The maximum Gasteiger partial charge on any atom is 0.227 e. The molecule has 0 bridgehead atoms. The largest absolute Gasteiger partial charge is 0.328 e. The molecule has 0 N–H and O–H groups in total. The second-order valence-electron chi connectivity index (χ2n) is 7.72. The Balaban J connectivity index is 1.69. The van der Waals surface area contributed by atoms with E-state index in [4.69, 9.17) is 4.98 Å². The van der Waals surface area contributed by atoms with Crippen molar-refractivity contribution in [2.24, 2.45) is 0 Å². The van der Waals surface area contributed by atoms with Gasteiger partial charge >= 0.3 is 0 Å². The van der Waals surface area contributed by atoms with Crippen LogP contribution in [0.1, 0.15) is 49.1 Å². The van der Waals surface area contributed by atoms with Crippen LogP contribution in [-0.2, 0) is 11.3 Å². The summed E-state index contributed by atoms with van der Waals surface area (Å²) >= 11 is 0. The van der Waals surface area contributed by atoms with Crippen LogP contribution in [0.4, 0.5) is 5.69 Å². The summed E-state index contributed by atoms with van der Waals surface area (Å²) < 4.78 is 2.34. The van der Waals surface area contributed by atoms with Gasteiger partial charge < -0.3 is 9.47 Å². The molecule has 4 rings (SSSR count). The fourth-order valence-corrected chi connectivity index (χ4v) is 4.19. The highest BCUT2D eigenvalue weighted by atomic mass is 16.2. The number of unbranched alkanes of at least 4 members (excludes halogenated alkanes) is 1. The summed E-state index contributed by atoms with van der Waals surface area (Å²) in [6.45, 7) is 8.04. The molecule has 0 saturated carbocycles. The maximum atomic E-state index is 12.8. The Morgan fingerprint density at radius 1 is 1.11 bits per heavy atom. The summed E-state index contributed by atoms with van der Waals surface area (Å²) in [5.74, 6) is 1.39. The molecule has 0 spiro atoms. The number of fused-ring (bicyclic) bond motifs is 1. The number of benzene rings is 2. The molecule has 0 aliphatic carbocycles. The lowest BCUT2D eigenvalue weighted by molar-refractivity contribution is -0.117. The summed E-state index contributed by atoms with van der Waals surface area (Å²) in [7, 11) is 0. The molecule has 1 amide bonds. The van der Waals surface area contributed by atoms with E-state index in [2.05, 4.69) is 61.7 Å². The Bertz CT molecular complexity index is 968. The number of hydrogen-bond donors (Lipinski definition) is 0. The lowest BCUT2D eigenvalue weighted by Gasteiger charge is -2.18. The number of hydrogen-bond acceptors (Lipinski definition) is 2. The number of para-hydroxylation sites is 2. The topological polar surface area (TPSA) is 38.1 Å². The quantitative estimate of drug-likeness (QED) is 0.643. The van der Waals surface area contributed by atoms with Crippen LogP contribution in [0.2, 0.25) is 0 Å². The normalized spacial score (nSPS) is 17.2. The maximum absolute atomic E-state index is 12.8. The molecule has 1 aliphatic heterocycles. The van der Waals surface area contributed by atoms with E-state index >= 15 is 0 Å². The number of rotatable bonds is 5. The molecular weight excluding hydrogens is 334 g/mol. The third-order valence-electron chi connectivity index (χ3n) is 5.43. The van der Waals surface area contributed by atoms with E-state index in [0.29, 0.717) is 13.0 Å². The van der Waals surface area contributed by atoms with Crippen molar-refractivity contribution in [2.75, 3.05) is 11.4 Å². The summed E-state index contributed by atoms with van der Waals surface area (Å²) in [5.41, 5.74) is 5.60. The highest BCUT2D eigenvalue weighted by molar-refractivity contribution is 5.96. The van der Waals surface area contributed by atoms with Crippen molar-refractivity contribution in [3.63, 3.8) is 0 Å². The van der Waals surface area contributed by atoms with Gasteiger partial charge in [0.2, 0.25) is 5.91 Å². The Labute approximate surface area is 160 Å². The molecule has 27 heavy (non-hydrogen) atoms. The highest BCUT2D eigenvalue weighted by Crippen LogP contribution is 2.34. The number of amides is 1. The summed E-state index contributed by atoms with van der Waals surface area (Å²) in [6.07, 6.45) is 2.79. The van der Waals surface area contributed by atoms with Crippen molar-refractivity contribution < 1.29 is 4.79 Å². The second kappa shape index (κ2) is 7.18. The molecule has 1 aliphatic rings. The van der Waals surface area contributed by atoms with Crippen molar-refractivity contribution in [2.45, 2.75) is 52.5 Å². The predicted octanol–water partition coefficient (Wildman–Crippen LogP) is 4.97. The van der Waals surface area contributed by atoms with Crippen LogP contribution >= 0.6 is 0 Å². The molecule has 3 aromatic rings. The van der Waals surface area contributed by atoms with Gasteiger partial charge in [-0.15, -0.1) is 0 Å². The van der Waals surface area contributed by atoms with Crippen LogP contribution < -0.4 is 4.90 Å². The lowest BCUT2D eigenvalue weighted by atomic mass is 10.1. The number of imidazole rings is 1. The Morgan fingerprint density at radius 3 is 2.59 bits per heavy atom. The summed E-state index contributed by atoms with van der Waals surface area (Å²) in [4.78, 5) is 19.7. The Kier molecular flexibility index (Phi) is 4.73. The predicted molar refractivity (Wildman–Crippen MR) is 110 cm³/mol. The third-order valence-corrected chi connectivity index (χ3v) is 5.43. The number of aromatic nitrogens is 2. The van der Waals surface area contributed by atoms with Crippen LogP contribution in [0.25, 0.3) is 11.0 Å². The smallest absolute Gasteiger partial charge is 0.227 e. The zero-order chi connectivity index (χ0) is 19.0. The molecule has 1 aromatic heterocycles. The van der Waals surface area contributed by atoms with Crippen LogP contribution in [0, 0.1) is 13.8 Å². The van der Waals surface area contributed by atoms with Crippen molar-refractivity contribution in [3.8, 4) is 0 Å². The summed E-state index contributed by atoms with van der Waals surface area (Å²) in [6, 6.07) is 14.7. The van der Waals surface area contributed by atoms with Crippen LogP contribution in [0.3, 0.4) is 0 Å². The van der Waals surface area contributed by atoms with Gasteiger partial charge in [0.1, 0.15) is 5.82 Å². The van der Waals surface area contributed by atoms with Crippen LogP contribution in [-0.4, -0.2) is 22.0 Å². The first-order chi connectivity index (χ1) is 13.1.